The quantitative estimate of drug-likeness (QED) is 0.363. The molecule has 0 saturated carbocycles. The Kier molecular flexibility index (Phi) is 10.5. The third kappa shape index (κ3) is 8.59. The van der Waals surface area contributed by atoms with Gasteiger partial charge < -0.3 is 13.3 Å². The van der Waals surface area contributed by atoms with Crippen LogP contribution >= 0.6 is 24.7 Å². The van der Waals surface area contributed by atoms with Crippen molar-refractivity contribution < 1.29 is 13.3 Å². The highest BCUT2D eigenvalue weighted by Gasteiger charge is 2.36. The molecule has 0 N–H and O–H groups in total. The van der Waals surface area contributed by atoms with Crippen LogP contribution in [0.4, 0.5) is 0 Å². The number of thiol groups is 2. The molecule has 0 amide bonds. The molecule has 0 spiro atoms. The summed E-state index contributed by atoms with van der Waals surface area (Å²) in [5, 5.41) is 0. The summed E-state index contributed by atoms with van der Waals surface area (Å²) in [5.74, 6) is 0.931. The van der Waals surface area contributed by atoms with Gasteiger partial charge in [0.2, 0.25) is 0 Å². The van der Waals surface area contributed by atoms with Crippen molar-refractivity contribution in [1.82, 2.24) is 0 Å². The molecule has 92 valence electrons. The minimum atomic E-state index is -2.63. The molecule has 0 aliphatic carbocycles. The third-order valence-corrected chi connectivity index (χ3v) is 5.09. The van der Waals surface area contributed by atoms with E-state index in [1.807, 2.05) is 13.8 Å². The van der Waals surface area contributed by atoms with Crippen LogP contribution in [0.5, 0.6) is 0 Å². The Morgan fingerprint density at radius 1 is 0.933 bits per heavy atom. The van der Waals surface area contributed by atoms with Gasteiger partial charge in [-0.2, -0.15) is 12.6 Å². The molecular formula is C9H22O3S2Si. The van der Waals surface area contributed by atoms with Crippen LogP contribution in [0.25, 0.3) is 0 Å². The fraction of sp³-hybridized carbons (Fsp3) is 1.00. The van der Waals surface area contributed by atoms with Crippen LogP contribution in [0.3, 0.4) is 0 Å². The predicted octanol–water partition coefficient (Wildman–Crippen LogP) is 2.54. The van der Waals surface area contributed by atoms with E-state index in [1.54, 1.807) is 0 Å². The summed E-state index contributed by atoms with van der Waals surface area (Å²) in [5.41, 5.74) is 0. The SMILES string of the molecule is CCO[Si](S)(OCC)OCCCCCS. The van der Waals surface area contributed by atoms with Crippen LogP contribution in [0.2, 0.25) is 0 Å². The lowest BCUT2D eigenvalue weighted by atomic mass is 10.3. The largest absolute Gasteiger partial charge is 0.570 e. The highest BCUT2D eigenvalue weighted by molar-refractivity contribution is 8.11. The zero-order valence-corrected chi connectivity index (χ0v) is 12.4. The van der Waals surface area contributed by atoms with Crippen LogP contribution in [-0.2, 0) is 13.3 Å². The number of rotatable bonds is 10. The first kappa shape index (κ1) is 15.8. The molecule has 0 rings (SSSR count). The van der Waals surface area contributed by atoms with Gasteiger partial charge in [0.15, 0.2) is 0 Å². The van der Waals surface area contributed by atoms with Gasteiger partial charge in [0, 0.05) is 19.8 Å². The summed E-state index contributed by atoms with van der Waals surface area (Å²) < 4.78 is 16.4. The smallest absolute Gasteiger partial charge is 0.366 e. The molecule has 0 aliphatic rings. The lowest BCUT2D eigenvalue weighted by molar-refractivity contribution is 0.0911. The van der Waals surface area contributed by atoms with Crippen molar-refractivity contribution in [3.05, 3.63) is 0 Å². The maximum atomic E-state index is 5.59. The molecule has 6 heteroatoms. The molecule has 0 heterocycles. The highest BCUT2D eigenvalue weighted by atomic mass is 32.3. The fourth-order valence-corrected chi connectivity index (χ4v) is 3.74. The lowest BCUT2D eigenvalue weighted by Gasteiger charge is -2.23. The maximum absolute atomic E-state index is 5.59. The second-order valence-corrected chi connectivity index (χ2v) is 7.03. The standard InChI is InChI=1S/C9H22O3S2Si/c1-3-10-15(14,11-4-2)12-8-6-5-7-9-13/h13-14H,3-9H2,1-2H3. The zero-order chi connectivity index (χ0) is 11.6. The summed E-state index contributed by atoms with van der Waals surface area (Å²) in [4.78, 5) is 0. The minimum Gasteiger partial charge on any atom is -0.366 e. The molecule has 15 heavy (non-hydrogen) atoms. The van der Waals surface area contributed by atoms with Crippen LogP contribution in [0, 0.1) is 0 Å². The van der Waals surface area contributed by atoms with E-state index >= 15 is 0 Å². The topological polar surface area (TPSA) is 27.7 Å². The van der Waals surface area contributed by atoms with Gasteiger partial charge in [0.25, 0.3) is 0 Å². The molecule has 0 unspecified atom stereocenters. The van der Waals surface area contributed by atoms with Crippen LogP contribution in [-0.4, -0.2) is 33.5 Å². The lowest BCUT2D eigenvalue weighted by Crippen LogP contribution is -2.40. The normalized spacial score (nSPS) is 12.0. The second kappa shape index (κ2) is 9.98. The van der Waals surface area contributed by atoms with Crippen LogP contribution in [0.15, 0.2) is 0 Å². The highest BCUT2D eigenvalue weighted by Crippen LogP contribution is 2.15. The third-order valence-electron chi connectivity index (χ3n) is 1.74. The van der Waals surface area contributed by atoms with Gasteiger partial charge in [-0.15, -0.1) is 12.1 Å². The first-order valence-electron chi connectivity index (χ1n) is 5.43. The van der Waals surface area contributed by atoms with E-state index in [-0.39, 0.29) is 0 Å². The summed E-state index contributed by atoms with van der Waals surface area (Å²) in [7, 11) is -2.63. The molecule has 0 saturated heterocycles. The average Bonchev–Trinajstić information content (AvgIpc) is 2.18. The van der Waals surface area contributed by atoms with Gasteiger partial charge in [-0.1, -0.05) is 6.42 Å². The van der Waals surface area contributed by atoms with Crippen LogP contribution < -0.4 is 0 Å². The number of unbranched alkanes of at least 4 members (excludes halogenated alkanes) is 2. The summed E-state index contributed by atoms with van der Waals surface area (Å²) in [6.07, 6.45) is 3.26. The Balaban J connectivity index is 3.65. The Bertz CT molecular complexity index is 143. The monoisotopic (exact) mass is 270 g/mol. The molecule has 0 aromatic carbocycles. The van der Waals surface area contributed by atoms with Gasteiger partial charge in [0.05, 0.1) is 0 Å². The first-order chi connectivity index (χ1) is 7.18. The summed E-state index contributed by atoms with van der Waals surface area (Å²) >= 11 is 8.51. The van der Waals surface area contributed by atoms with E-state index in [4.69, 9.17) is 13.3 Å². The van der Waals surface area contributed by atoms with Crippen LogP contribution in [0.1, 0.15) is 33.1 Å². The minimum absolute atomic E-state index is 0.576. The van der Waals surface area contributed by atoms with Crippen molar-refractivity contribution in [1.29, 1.82) is 0 Å². The molecule has 3 nitrogen and oxygen atoms in total. The zero-order valence-electron chi connectivity index (χ0n) is 9.57. The second-order valence-electron chi connectivity index (χ2n) is 3.02. The molecule has 0 aromatic heterocycles. The summed E-state index contributed by atoms with van der Waals surface area (Å²) in [6, 6.07) is 0. The van der Waals surface area contributed by atoms with E-state index in [1.165, 1.54) is 0 Å². The molecular weight excluding hydrogens is 248 g/mol. The molecule has 0 radical (unpaired) electrons. The molecule has 0 atom stereocenters. The fourth-order valence-electron chi connectivity index (χ4n) is 1.08. The molecule has 0 aromatic rings. The van der Waals surface area contributed by atoms with Gasteiger partial charge in [-0.25, -0.2) is 0 Å². The van der Waals surface area contributed by atoms with Gasteiger partial charge in [-0.05, 0) is 32.4 Å². The van der Waals surface area contributed by atoms with E-state index < -0.39 is 7.95 Å². The Labute approximate surface area is 105 Å². The number of hydrogen-bond acceptors (Lipinski definition) is 5. The van der Waals surface area contributed by atoms with Crippen molar-refractivity contribution >= 4 is 32.7 Å². The Hall–Kier alpha value is 0.797. The maximum Gasteiger partial charge on any atom is 0.570 e. The van der Waals surface area contributed by atoms with Gasteiger partial charge in [-0.3, -0.25) is 0 Å². The van der Waals surface area contributed by atoms with Gasteiger partial charge >= 0.3 is 7.95 Å². The molecule has 0 bridgehead atoms. The molecule has 0 fully saturated rings. The van der Waals surface area contributed by atoms with Crippen molar-refractivity contribution in [2.75, 3.05) is 25.6 Å². The van der Waals surface area contributed by atoms with E-state index in [0.29, 0.717) is 19.8 Å². The Morgan fingerprint density at radius 3 is 2.00 bits per heavy atom. The number of hydrogen-bond donors (Lipinski definition) is 2. The average molecular weight is 270 g/mol. The van der Waals surface area contributed by atoms with E-state index in [0.717, 1.165) is 25.0 Å². The molecule has 0 aliphatic heterocycles. The predicted molar refractivity (Wildman–Crippen MR) is 71.6 cm³/mol. The summed E-state index contributed by atoms with van der Waals surface area (Å²) in [6.45, 7) is 5.64. The Morgan fingerprint density at radius 2 is 1.53 bits per heavy atom. The van der Waals surface area contributed by atoms with E-state index in [2.05, 4.69) is 24.7 Å². The van der Waals surface area contributed by atoms with Gasteiger partial charge in [0.1, 0.15) is 0 Å². The van der Waals surface area contributed by atoms with Crippen molar-refractivity contribution in [2.45, 2.75) is 33.1 Å². The van der Waals surface area contributed by atoms with Crippen molar-refractivity contribution in [3.8, 4) is 0 Å². The first-order valence-corrected chi connectivity index (χ1v) is 9.08. The van der Waals surface area contributed by atoms with E-state index in [9.17, 15) is 0 Å². The van der Waals surface area contributed by atoms with Crippen molar-refractivity contribution in [3.63, 3.8) is 0 Å². The van der Waals surface area contributed by atoms with Crippen molar-refractivity contribution in [2.24, 2.45) is 0 Å².